The minimum Gasteiger partial charge on any atom is -0.384 e. The lowest BCUT2D eigenvalue weighted by Gasteiger charge is -2.38. The fourth-order valence-electron chi connectivity index (χ4n) is 3.64. The molecule has 3 aromatic heterocycles. The highest BCUT2D eigenvalue weighted by molar-refractivity contribution is 7.23. The molecule has 146 valence electrons. The Bertz CT molecular complexity index is 988. The van der Waals surface area contributed by atoms with Gasteiger partial charge in [0.25, 0.3) is 0 Å². The molecule has 4 N–H and O–H groups in total. The molecule has 0 aliphatic carbocycles. The van der Waals surface area contributed by atoms with Crippen molar-refractivity contribution in [1.29, 1.82) is 0 Å². The molecular weight excluding hydrogens is 386 g/mol. The molecule has 1 aliphatic heterocycles. The Hall–Kier alpha value is -2.22. The highest BCUT2D eigenvalue weighted by Crippen LogP contribution is 2.37. The number of hydrogen-bond acceptors (Lipinski definition) is 7. The van der Waals surface area contributed by atoms with Crippen molar-refractivity contribution in [2.45, 2.75) is 44.8 Å². The van der Waals surface area contributed by atoms with E-state index in [0.717, 1.165) is 29.1 Å². The van der Waals surface area contributed by atoms with Crippen molar-refractivity contribution >= 4 is 28.6 Å². The lowest BCUT2D eigenvalue weighted by Crippen LogP contribution is -2.48. The molecule has 0 aromatic carbocycles. The molecule has 1 fully saturated rings. The van der Waals surface area contributed by atoms with Crippen LogP contribution in [0.25, 0.3) is 20.3 Å². The van der Waals surface area contributed by atoms with Crippen molar-refractivity contribution in [3.8, 4) is 20.3 Å². The van der Waals surface area contributed by atoms with Crippen LogP contribution in [0.3, 0.4) is 0 Å². The molecule has 5 nitrogen and oxygen atoms in total. The number of aromatic nitrogens is 2. The molecule has 1 unspecified atom stereocenters. The van der Waals surface area contributed by atoms with E-state index < -0.39 is 0 Å². The Morgan fingerprint density at radius 1 is 1.18 bits per heavy atom. The number of nitrogens with zero attached hydrogens (tertiary/aromatic N) is 2. The van der Waals surface area contributed by atoms with E-state index in [-0.39, 0.29) is 11.6 Å². The number of anilines is 1. The molecule has 28 heavy (non-hydrogen) atoms. The first-order valence-corrected chi connectivity index (χ1v) is 11.0. The van der Waals surface area contributed by atoms with E-state index in [1.54, 1.807) is 22.7 Å². The number of hydrogen-bond donors (Lipinski definition) is 3. The summed E-state index contributed by atoms with van der Waals surface area (Å²) < 4.78 is 0. The van der Waals surface area contributed by atoms with Crippen LogP contribution in [0.15, 0.2) is 48.8 Å². The molecular formula is C21H25N5S2. The molecule has 1 aliphatic rings. The van der Waals surface area contributed by atoms with Gasteiger partial charge in [-0.25, -0.2) is 9.97 Å². The predicted molar refractivity (Wildman–Crippen MR) is 120 cm³/mol. The number of thiophene rings is 2. The molecule has 3 aromatic rings. The molecule has 0 saturated carbocycles. The Balaban J connectivity index is 1.52. The minimum absolute atomic E-state index is 0.0242. The number of nitrogens with two attached hydrogens (primary N) is 1. The van der Waals surface area contributed by atoms with Gasteiger partial charge in [-0.3, -0.25) is 0 Å². The molecule has 0 bridgehead atoms. The number of piperidine rings is 1. The molecule has 7 heteroatoms. The van der Waals surface area contributed by atoms with Gasteiger partial charge in [0.2, 0.25) is 5.95 Å². The highest BCUT2D eigenvalue weighted by atomic mass is 32.1. The zero-order valence-corrected chi connectivity index (χ0v) is 17.8. The highest BCUT2D eigenvalue weighted by Gasteiger charge is 2.29. The summed E-state index contributed by atoms with van der Waals surface area (Å²) in [5, 5.41) is 6.95. The van der Waals surface area contributed by atoms with Crippen LogP contribution in [0.4, 0.5) is 5.95 Å². The summed E-state index contributed by atoms with van der Waals surface area (Å²) in [6.45, 7) is 9.08. The topological polar surface area (TPSA) is 75.9 Å². The molecule has 4 heterocycles. The maximum Gasteiger partial charge on any atom is 0.223 e. The second kappa shape index (κ2) is 7.66. The second-order valence-electron chi connectivity index (χ2n) is 7.76. The van der Waals surface area contributed by atoms with Gasteiger partial charge in [-0.05, 0) is 50.6 Å². The first kappa shape index (κ1) is 19.1. The molecule has 4 rings (SSSR count). The van der Waals surface area contributed by atoms with Gasteiger partial charge in [0.05, 0.1) is 10.6 Å². The Labute approximate surface area is 173 Å². The molecule has 1 atom stereocenters. The third-order valence-electron chi connectivity index (χ3n) is 4.72. The van der Waals surface area contributed by atoms with E-state index in [9.17, 15) is 0 Å². The van der Waals surface area contributed by atoms with Crippen LogP contribution in [0.2, 0.25) is 0 Å². The summed E-state index contributed by atoms with van der Waals surface area (Å²) in [6, 6.07) is 10.8. The zero-order valence-electron chi connectivity index (χ0n) is 16.2. The van der Waals surface area contributed by atoms with Crippen LogP contribution in [0, 0.1) is 0 Å². The summed E-state index contributed by atoms with van der Waals surface area (Å²) >= 11 is 3.49. The van der Waals surface area contributed by atoms with Crippen molar-refractivity contribution < 1.29 is 0 Å². The van der Waals surface area contributed by atoms with Crippen molar-refractivity contribution in [2.24, 2.45) is 5.73 Å². The van der Waals surface area contributed by atoms with Crippen LogP contribution in [-0.4, -0.2) is 21.5 Å². The van der Waals surface area contributed by atoms with Crippen molar-refractivity contribution in [3.63, 3.8) is 0 Å². The third kappa shape index (κ3) is 4.27. The number of rotatable bonds is 5. The van der Waals surface area contributed by atoms with Gasteiger partial charge >= 0.3 is 0 Å². The first-order chi connectivity index (χ1) is 13.4. The van der Waals surface area contributed by atoms with Gasteiger partial charge in [-0.1, -0.05) is 6.58 Å². The van der Waals surface area contributed by atoms with Gasteiger partial charge in [-0.2, -0.15) is 0 Å². The van der Waals surface area contributed by atoms with Crippen molar-refractivity contribution in [2.75, 3.05) is 5.32 Å². The standard InChI is InChI=1S/C21H25N5S2/c1-13-10-14(11-21(2,3)26-13)24-20-23-9-8-16(25-20)17-6-7-19(28-17)18-5-4-15(12-22)27-18/h4-9,14,26H,1,10-12,22H2,2-3H3,(H,23,24,25). The smallest absolute Gasteiger partial charge is 0.223 e. The second-order valence-corrected chi connectivity index (χ2v) is 10.0. The fraction of sp³-hybridized carbons (Fsp3) is 0.333. The van der Waals surface area contributed by atoms with Crippen LogP contribution < -0.4 is 16.4 Å². The molecule has 0 spiro atoms. The average Bonchev–Trinajstić information content (AvgIpc) is 3.29. The largest absolute Gasteiger partial charge is 0.384 e. The molecule has 0 amide bonds. The van der Waals surface area contributed by atoms with E-state index in [2.05, 4.69) is 60.3 Å². The SMILES string of the molecule is C=C1CC(Nc2nccc(-c3ccc(-c4ccc(CN)s4)s3)n2)CC(C)(C)N1. The van der Waals surface area contributed by atoms with Gasteiger partial charge in [-0.15, -0.1) is 22.7 Å². The predicted octanol–water partition coefficient (Wildman–Crippen LogP) is 4.85. The summed E-state index contributed by atoms with van der Waals surface area (Å²) in [6.07, 6.45) is 3.69. The minimum atomic E-state index is 0.0242. The summed E-state index contributed by atoms with van der Waals surface area (Å²) in [4.78, 5) is 14.0. The van der Waals surface area contributed by atoms with Crippen LogP contribution >= 0.6 is 22.7 Å². The lowest BCUT2D eigenvalue weighted by atomic mass is 9.88. The normalized spacial score (nSPS) is 18.7. The summed E-state index contributed by atoms with van der Waals surface area (Å²) in [5.74, 6) is 0.671. The van der Waals surface area contributed by atoms with E-state index in [0.29, 0.717) is 12.5 Å². The van der Waals surface area contributed by atoms with Gasteiger partial charge in [0, 0.05) is 51.1 Å². The Morgan fingerprint density at radius 2 is 1.93 bits per heavy atom. The van der Waals surface area contributed by atoms with Gasteiger partial charge < -0.3 is 16.4 Å². The molecule has 0 radical (unpaired) electrons. The Morgan fingerprint density at radius 3 is 2.68 bits per heavy atom. The Kier molecular flexibility index (Phi) is 5.23. The third-order valence-corrected chi connectivity index (χ3v) is 7.13. The van der Waals surface area contributed by atoms with Gasteiger partial charge in [0.1, 0.15) is 0 Å². The van der Waals surface area contributed by atoms with Crippen LogP contribution in [-0.2, 0) is 6.54 Å². The monoisotopic (exact) mass is 411 g/mol. The first-order valence-electron chi connectivity index (χ1n) is 9.37. The maximum absolute atomic E-state index is 5.74. The van der Waals surface area contributed by atoms with E-state index in [1.807, 2.05) is 12.3 Å². The summed E-state index contributed by atoms with van der Waals surface area (Å²) in [5.41, 5.74) is 7.76. The van der Waals surface area contributed by atoms with Gasteiger partial charge in [0.15, 0.2) is 0 Å². The lowest BCUT2D eigenvalue weighted by molar-refractivity contribution is 0.324. The van der Waals surface area contributed by atoms with Crippen LogP contribution in [0.5, 0.6) is 0 Å². The fourth-order valence-corrected chi connectivity index (χ4v) is 5.60. The van der Waals surface area contributed by atoms with Crippen LogP contribution in [0.1, 0.15) is 31.6 Å². The van der Waals surface area contributed by atoms with Crippen molar-refractivity contribution in [3.05, 3.63) is 53.7 Å². The van der Waals surface area contributed by atoms with E-state index >= 15 is 0 Å². The van der Waals surface area contributed by atoms with E-state index in [4.69, 9.17) is 10.7 Å². The van der Waals surface area contributed by atoms with E-state index in [1.165, 1.54) is 14.6 Å². The van der Waals surface area contributed by atoms with Crippen molar-refractivity contribution in [1.82, 2.24) is 15.3 Å². The zero-order chi connectivity index (χ0) is 19.7. The maximum atomic E-state index is 5.74. The average molecular weight is 412 g/mol. The quantitative estimate of drug-likeness (QED) is 0.560. The number of nitrogens with one attached hydrogen (secondary N) is 2. The molecule has 1 saturated heterocycles. The summed E-state index contributed by atoms with van der Waals surface area (Å²) in [7, 11) is 0.